The Kier molecular flexibility index (Phi) is 5.84. The van der Waals surface area contributed by atoms with Crippen LogP contribution in [-0.4, -0.2) is 37.8 Å². The lowest BCUT2D eigenvalue weighted by atomic mass is 9.92. The van der Waals surface area contributed by atoms with Crippen LogP contribution in [0.25, 0.3) is 0 Å². The molecule has 0 N–H and O–H groups in total. The van der Waals surface area contributed by atoms with Gasteiger partial charge in [-0.15, -0.1) is 10.2 Å². The summed E-state index contributed by atoms with van der Waals surface area (Å²) in [5.41, 5.74) is 0.401. The molecule has 1 aliphatic rings. The molecule has 0 radical (unpaired) electrons. The van der Waals surface area contributed by atoms with E-state index in [-0.39, 0.29) is 5.03 Å². The summed E-state index contributed by atoms with van der Waals surface area (Å²) in [5, 5.41) is 9.69. The van der Waals surface area contributed by atoms with Crippen molar-refractivity contribution >= 4 is 17.7 Å². The highest BCUT2D eigenvalue weighted by molar-refractivity contribution is 7.99. The van der Waals surface area contributed by atoms with E-state index in [1.807, 2.05) is 23.6 Å². The van der Waals surface area contributed by atoms with Crippen molar-refractivity contribution in [2.75, 3.05) is 18.0 Å². The Morgan fingerprint density at radius 1 is 1.21 bits per heavy atom. The lowest BCUT2D eigenvalue weighted by molar-refractivity contribution is 0.350. The van der Waals surface area contributed by atoms with E-state index in [2.05, 4.69) is 38.9 Å². The molecule has 0 bridgehead atoms. The van der Waals surface area contributed by atoms with Crippen LogP contribution in [0.3, 0.4) is 0 Å². The second kappa shape index (κ2) is 8.52. The second-order valence-corrected chi connectivity index (χ2v) is 8.65. The predicted molar refractivity (Wildman–Crippen MR) is 108 cm³/mol. The van der Waals surface area contributed by atoms with Crippen molar-refractivity contribution in [2.24, 2.45) is 11.8 Å². The van der Waals surface area contributed by atoms with Crippen molar-refractivity contribution in [3.63, 3.8) is 0 Å². The summed E-state index contributed by atoms with van der Waals surface area (Å²) >= 11 is 1.17. The van der Waals surface area contributed by atoms with Crippen LogP contribution in [0, 0.1) is 17.7 Å². The van der Waals surface area contributed by atoms with E-state index in [9.17, 15) is 4.39 Å². The Bertz CT molecular complexity index is 950. The third kappa shape index (κ3) is 4.29. The molecule has 1 fully saturated rings. The third-order valence-corrected chi connectivity index (χ3v) is 6.06. The molecule has 2 unspecified atom stereocenters. The van der Waals surface area contributed by atoms with Crippen LogP contribution in [0.4, 0.5) is 10.3 Å². The van der Waals surface area contributed by atoms with Crippen molar-refractivity contribution in [1.82, 2.24) is 24.7 Å². The Morgan fingerprint density at radius 2 is 2.00 bits per heavy atom. The summed E-state index contributed by atoms with van der Waals surface area (Å²) in [4.78, 5) is 10.4. The van der Waals surface area contributed by atoms with Crippen molar-refractivity contribution in [1.29, 1.82) is 0 Å². The first kappa shape index (κ1) is 19.9. The van der Waals surface area contributed by atoms with E-state index < -0.39 is 5.82 Å². The molecular formula is C20H25FN6OS. The van der Waals surface area contributed by atoms with Gasteiger partial charge in [0.1, 0.15) is 17.1 Å². The first-order valence-corrected chi connectivity index (χ1v) is 10.7. The van der Waals surface area contributed by atoms with Crippen molar-refractivity contribution < 1.29 is 8.81 Å². The minimum atomic E-state index is -0.394. The summed E-state index contributed by atoms with van der Waals surface area (Å²) in [6.45, 7) is 8.71. The van der Waals surface area contributed by atoms with Gasteiger partial charge in [-0.25, -0.2) is 14.4 Å². The van der Waals surface area contributed by atoms with Gasteiger partial charge in [0.25, 0.3) is 0 Å². The molecule has 29 heavy (non-hydrogen) atoms. The van der Waals surface area contributed by atoms with E-state index in [1.54, 1.807) is 6.26 Å². The highest BCUT2D eigenvalue weighted by Crippen LogP contribution is 2.32. The number of hydrogen-bond donors (Lipinski definition) is 0. The average molecular weight is 417 g/mol. The maximum absolute atomic E-state index is 14.7. The first-order chi connectivity index (χ1) is 14.0. The number of nitrogens with zero attached hydrogens (tertiary/aromatic N) is 6. The summed E-state index contributed by atoms with van der Waals surface area (Å²) in [5.74, 6) is 2.34. The van der Waals surface area contributed by atoms with Crippen LogP contribution in [0.1, 0.15) is 38.6 Å². The largest absolute Gasteiger partial charge is 0.467 e. The van der Waals surface area contributed by atoms with Crippen LogP contribution in [0.15, 0.2) is 39.3 Å². The summed E-state index contributed by atoms with van der Waals surface area (Å²) in [7, 11) is 0. The average Bonchev–Trinajstić information content (AvgIpc) is 3.33. The molecule has 1 saturated heterocycles. The molecule has 0 amide bonds. The molecule has 154 valence electrons. The number of hydrogen-bond acceptors (Lipinski definition) is 7. The summed E-state index contributed by atoms with van der Waals surface area (Å²) in [6.07, 6.45) is 4.76. The second-order valence-electron chi connectivity index (χ2n) is 7.69. The minimum absolute atomic E-state index is 0.261. The zero-order valence-corrected chi connectivity index (χ0v) is 17.7. The molecule has 3 aromatic heterocycles. The van der Waals surface area contributed by atoms with E-state index in [4.69, 9.17) is 4.42 Å². The molecule has 0 aliphatic carbocycles. The molecule has 1 aliphatic heterocycles. The fourth-order valence-corrected chi connectivity index (χ4v) is 4.72. The van der Waals surface area contributed by atoms with E-state index in [1.165, 1.54) is 24.5 Å². The Hall–Kier alpha value is -2.42. The lowest BCUT2D eigenvalue weighted by Crippen LogP contribution is -2.40. The van der Waals surface area contributed by atoms with Crippen LogP contribution >= 0.6 is 11.8 Å². The van der Waals surface area contributed by atoms with Gasteiger partial charge in [0.2, 0.25) is 5.95 Å². The van der Waals surface area contributed by atoms with Gasteiger partial charge in [0.05, 0.1) is 18.5 Å². The van der Waals surface area contributed by atoms with Gasteiger partial charge in [0, 0.05) is 13.1 Å². The van der Waals surface area contributed by atoms with Gasteiger partial charge in [-0.05, 0) is 48.6 Å². The fourth-order valence-electron chi connectivity index (χ4n) is 3.91. The van der Waals surface area contributed by atoms with Gasteiger partial charge in [-0.1, -0.05) is 20.8 Å². The highest BCUT2D eigenvalue weighted by Gasteiger charge is 2.27. The third-order valence-electron chi connectivity index (χ3n) is 5.10. The first-order valence-electron chi connectivity index (χ1n) is 9.92. The van der Waals surface area contributed by atoms with Gasteiger partial charge in [0.15, 0.2) is 11.0 Å². The van der Waals surface area contributed by atoms with Crippen LogP contribution in [0.5, 0.6) is 0 Å². The Labute approximate surface area is 173 Å². The molecule has 4 rings (SSSR count). The molecule has 7 nitrogen and oxygen atoms in total. The molecule has 0 aromatic carbocycles. The fraction of sp³-hybridized carbons (Fsp3) is 0.500. The van der Waals surface area contributed by atoms with Crippen LogP contribution in [-0.2, 0) is 13.0 Å². The predicted octanol–water partition coefficient (Wildman–Crippen LogP) is 4.04. The summed E-state index contributed by atoms with van der Waals surface area (Å²) < 4.78 is 22.2. The molecule has 9 heteroatoms. The maximum atomic E-state index is 14.7. The topological polar surface area (TPSA) is 72.9 Å². The number of anilines is 1. The van der Waals surface area contributed by atoms with Crippen molar-refractivity contribution in [3.8, 4) is 0 Å². The number of furan rings is 1. The highest BCUT2D eigenvalue weighted by atomic mass is 32.2. The Balaban J connectivity index is 1.69. The lowest BCUT2D eigenvalue weighted by Gasteiger charge is -2.35. The van der Waals surface area contributed by atoms with Gasteiger partial charge in [-0.3, -0.25) is 4.57 Å². The van der Waals surface area contributed by atoms with Gasteiger partial charge in [-0.2, -0.15) is 0 Å². The van der Waals surface area contributed by atoms with Crippen molar-refractivity contribution in [2.45, 2.75) is 50.3 Å². The molecule has 0 spiro atoms. The molecule has 4 heterocycles. The summed E-state index contributed by atoms with van der Waals surface area (Å²) in [6, 6.07) is 3.77. The smallest absolute Gasteiger partial charge is 0.228 e. The molecule has 3 aromatic rings. The Morgan fingerprint density at radius 3 is 2.69 bits per heavy atom. The molecular weight excluding hydrogens is 391 g/mol. The number of halogens is 1. The van der Waals surface area contributed by atoms with Crippen LogP contribution in [0.2, 0.25) is 0 Å². The number of aromatic nitrogens is 5. The number of piperidine rings is 1. The zero-order chi connectivity index (χ0) is 20.4. The molecule has 0 saturated carbocycles. The van der Waals surface area contributed by atoms with Gasteiger partial charge >= 0.3 is 0 Å². The van der Waals surface area contributed by atoms with E-state index >= 15 is 0 Å². The minimum Gasteiger partial charge on any atom is -0.467 e. The standard InChI is InChI=1S/C20H25FN6OS/c1-4-16-17(21)18(23-12-22-16)29-20-25-24-19(26-9-13(2)8-14(3)10-26)27(20)11-15-6-5-7-28-15/h5-7,12-14H,4,8-11H2,1-3H3. The molecule has 2 atom stereocenters. The number of aryl methyl sites for hydroxylation is 1. The normalized spacial score (nSPS) is 19.7. The van der Waals surface area contributed by atoms with E-state index in [0.717, 1.165) is 24.8 Å². The zero-order valence-electron chi connectivity index (χ0n) is 16.9. The van der Waals surface area contributed by atoms with Gasteiger partial charge < -0.3 is 9.32 Å². The number of rotatable bonds is 6. The SMILES string of the molecule is CCc1ncnc(Sc2nnc(N3CC(C)CC(C)C3)n2Cc2ccco2)c1F. The van der Waals surface area contributed by atoms with E-state index in [0.29, 0.717) is 35.7 Å². The van der Waals surface area contributed by atoms with Crippen LogP contribution < -0.4 is 4.90 Å². The van der Waals surface area contributed by atoms with Crippen molar-refractivity contribution in [3.05, 3.63) is 42.0 Å². The monoisotopic (exact) mass is 416 g/mol. The maximum Gasteiger partial charge on any atom is 0.228 e. The quantitative estimate of drug-likeness (QED) is 0.561.